The maximum atomic E-state index is 12.7. The van der Waals surface area contributed by atoms with Gasteiger partial charge in [0.1, 0.15) is 17.7 Å². The van der Waals surface area contributed by atoms with Crippen molar-refractivity contribution in [2.75, 3.05) is 5.75 Å². The summed E-state index contributed by atoms with van der Waals surface area (Å²) in [6.45, 7) is 1.04. The molecule has 208 valence electrons. The van der Waals surface area contributed by atoms with Crippen molar-refractivity contribution in [2.24, 2.45) is 5.10 Å². The number of rotatable bonds is 9. The van der Waals surface area contributed by atoms with Crippen LogP contribution in [0.1, 0.15) is 38.0 Å². The number of benzene rings is 5. The molecule has 2 amide bonds. The van der Waals surface area contributed by atoms with Crippen molar-refractivity contribution < 1.29 is 14.3 Å². The Balaban J connectivity index is 1.02. The van der Waals surface area contributed by atoms with Gasteiger partial charge in [-0.1, -0.05) is 84.9 Å². The van der Waals surface area contributed by atoms with E-state index in [1.807, 2.05) is 89.8 Å². The van der Waals surface area contributed by atoms with Crippen molar-refractivity contribution >= 4 is 40.6 Å². The van der Waals surface area contributed by atoms with Crippen molar-refractivity contribution in [3.63, 3.8) is 0 Å². The number of carbonyl (C=O) groups is 2. The largest absolute Gasteiger partial charge is 0.489 e. The molecule has 0 bridgehead atoms. The van der Waals surface area contributed by atoms with E-state index in [-0.39, 0.29) is 17.2 Å². The quantitative estimate of drug-likeness (QED) is 0.153. The average Bonchev–Trinajstić information content (AvgIpc) is 3.40. The van der Waals surface area contributed by atoms with E-state index in [2.05, 4.69) is 34.8 Å². The number of ether oxygens (including phenoxy) is 1. The monoisotopic (exact) mass is 571 g/mol. The van der Waals surface area contributed by atoms with Crippen LogP contribution in [0, 0.1) is 0 Å². The number of fused-ring (bicyclic) bond motifs is 1. The molecule has 0 unspecified atom stereocenters. The number of hydrazone groups is 1. The number of thioether (sulfide) groups is 1. The molecule has 6 rings (SSSR count). The van der Waals surface area contributed by atoms with E-state index in [0.717, 1.165) is 28.0 Å². The predicted octanol–water partition coefficient (Wildman–Crippen LogP) is 6.96. The van der Waals surface area contributed by atoms with E-state index < -0.39 is 0 Å². The molecule has 0 saturated carbocycles. The van der Waals surface area contributed by atoms with Crippen LogP contribution in [0.25, 0.3) is 10.8 Å². The van der Waals surface area contributed by atoms with Gasteiger partial charge in [-0.3, -0.25) is 9.59 Å². The molecular weight excluding hydrogens is 542 g/mol. The zero-order valence-corrected chi connectivity index (χ0v) is 23.7. The first-order valence-electron chi connectivity index (χ1n) is 13.7. The smallest absolute Gasteiger partial charge is 0.271 e. The molecule has 1 atom stereocenters. The van der Waals surface area contributed by atoms with Gasteiger partial charge in [-0.2, -0.15) is 5.10 Å². The van der Waals surface area contributed by atoms with Crippen LogP contribution >= 0.6 is 11.8 Å². The van der Waals surface area contributed by atoms with E-state index in [1.54, 1.807) is 30.1 Å². The first-order chi connectivity index (χ1) is 20.6. The molecule has 7 heteroatoms. The number of nitrogens with one attached hydrogen (secondary N) is 1. The molecule has 5 aromatic carbocycles. The molecular formula is C35H29N3O3S. The highest BCUT2D eigenvalue weighted by Crippen LogP contribution is 2.39. The van der Waals surface area contributed by atoms with Gasteiger partial charge in [0.25, 0.3) is 5.91 Å². The highest BCUT2D eigenvalue weighted by Gasteiger charge is 2.32. The molecule has 1 fully saturated rings. The Morgan fingerprint density at radius 2 is 1.62 bits per heavy atom. The Bertz CT molecular complexity index is 1720. The molecule has 1 aliphatic heterocycles. The molecule has 42 heavy (non-hydrogen) atoms. The van der Waals surface area contributed by atoms with Crippen LogP contribution in [0.15, 0.2) is 126 Å². The third kappa shape index (κ3) is 6.37. The fourth-order valence-corrected chi connectivity index (χ4v) is 6.13. The minimum atomic E-state index is -0.302. The third-order valence-electron chi connectivity index (χ3n) is 7.16. The van der Waals surface area contributed by atoms with E-state index in [1.165, 1.54) is 10.8 Å². The Hall–Kier alpha value is -4.88. The molecule has 1 N–H and O–H groups in total. The summed E-state index contributed by atoms with van der Waals surface area (Å²) in [6.07, 6.45) is 1.60. The summed E-state index contributed by atoms with van der Waals surface area (Å²) in [5.74, 6) is 1.03. The zero-order valence-electron chi connectivity index (χ0n) is 22.9. The number of amides is 2. The Labute approximate surface area is 249 Å². The second-order valence-corrected chi connectivity index (χ2v) is 11.1. The topological polar surface area (TPSA) is 71.0 Å². The highest BCUT2D eigenvalue weighted by molar-refractivity contribution is 8.00. The fraction of sp³-hybridized carbons (Fsp3) is 0.114. The van der Waals surface area contributed by atoms with E-state index in [4.69, 9.17) is 4.74 Å². The fourth-order valence-electron chi connectivity index (χ4n) is 4.94. The van der Waals surface area contributed by atoms with Gasteiger partial charge < -0.3 is 9.64 Å². The second kappa shape index (κ2) is 12.7. The Kier molecular flexibility index (Phi) is 8.28. The van der Waals surface area contributed by atoms with Gasteiger partial charge in [-0.15, -0.1) is 11.8 Å². The number of nitrogens with zero attached hydrogens (tertiary/aromatic N) is 2. The number of hydrogen-bond acceptors (Lipinski definition) is 5. The van der Waals surface area contributed by atoms with Crippen molar-refractivity contribution in [3.8, 4) is 5.75 Å². The maximum absolute atomic E-state index is 12.7. The summed E-state index contributed by atoms with van der Waals surface area (Å²) in [6, 6.07) is 39.4. The van der Waals surface area contributed by atoms with E-state index in [0.29, 0.717) is 24.5 Å². The second-order valence-electron chi connectivity index (χ2n) is 9.99. The van der Waals surface area contributed by atoms with Crippen molar-refractivity contribution in [1.82, 2.24) is 10.3 Å². The van der Waals surface area contributed by atoms with Crippen LogP contribution < -0.4 is 10.2 Å². The van der Waals surface area contributed by atoms with Crippen LogP contribution in [0.5, 0.6) is 5.75 Å². The van der Waals surface area contributed by atoms with Gasteiger partial charge in [-0.05, 0) is 69.4 Å². The summed E-state index contributed by atoms with van der Waals surface area (Å²) in [4.78, 5) is 27.1. The first kappa shape index (κ1) is 27.3. The molecule has 1 saturated heterocycles. The van der Waals surface area contributed by atoms with Crippen LogP contribution in [0.4, 0.5) is 0 Å². The van der Waals surface area contributed by atoms with Crippen molar-refractivity contribution in [3.05, 3.63) is 149 Å². The van der Waals surface area contributed by atoms with Gasteiger partial charge in [0.05, 0.1) is 12.0 Å². The Morgan fingerprint density at radius 1 is 0.881 bits per heavy atom. The lowest BCUT2D eigenvalue weighted by Crippen LogP contribution is -2.27. The van der Waals surface area contributed by atoms with E-state index in [9.17, 15) is 9.59 Å². The van der Waals surface area contributed by atoms with Gasteiger partial charge in [-0.25, -0.2) is 5.43 Å². The standard InChI is InChI=1S/C35H29N3O3S/c39-33-24-42-35(38(33)22-26-7-2-1-3-8-26)29-17-15-28(16-18-29)34(40)37-36-21-25-13-19-31(20-14-25)41-23-30-11-6-10-27-9-4-5-12-32(27)30/h1-21,35H,22-24H2,(H,37,40)/b36-21-/t35-/m0/s1. The van der Waals surface area contributed by atoms with Crippen LogP contribution in [0.2, 0.25) is 0 Å². The molecule has 0 spiro atoms. The van der Waals surface area contributed by atoms with Crippen LogP contribution in [0.3, 0.4) is 0 Å². The minimum absolute atomic E-state index is 0.0770. The van der Waals surface area contributed by atoms with Gasteiger partial charge in [0.15, 0.2) is 0 Å². The molecule has 0 aliphatic carbocycles. The van der Waals surface area contributed by atoms with Gasteiger partial charge >= 0.3 is 0 Å². The van der Waals surface area contributed by atoms with Gasteiger partial charge in [0.2, 0.25) is 5.91 Å². The lowest BCUT2D eigenvalue weighted by molar-refractivity contribution is -0.128. The molecule has 5 aromatic rings. The number of hydrogen-bond donors (Lipinski definition) is 1. The average molecular weight is 572 g/mol. The van der Waals surface area contributed by atoms with Crippen LogP contribution in [-0.2, 0) is 17.9 Å². The predicted molar refractivity (Wildman–Crippen MR) is 168 cm³/mol. The SMILES string of the molecule is O=C(N/N=C\c1ccc(OCc2cccc3ccccc23)cc1)c1ccc([C@@H]2SCC(=O)N2Cc2ccccc2)cc1. The summed E-state index contributed by atoms with van der Waals surface area (Å²) in [7, 11) is 0. The van der Waals surface area contributed by atoms with E-state index >= 15 is 0 Å². The zero-order chi connectivity index (χ0) is 28.7. The summed E-state index contributed by atoms with van der Waals surface area (Å²) >= 11 is 1.60. The first-order valence-corrected chi connectivity index (χ1v) is 14.8. The highest BCUT2D eigenvalue weighted by atomic mass is 32.2. The molecule has 6 nitrogen and oxygen atoms in total. The molecule has 1 heterocycles. The summed E-state index contributed by atoms with van der Waals surface area (Å²) in [5.41, 5.74) is 7.14. The molecule has 0 radical (unpaired) electrons. The minimum Gasteiger partial charge on any atom is -0.489 e. The third-order valence-corrected chi connectivity index (χ3v) is 8.41. The maximum Gasteiger partial charge on any atom is 0.271 e. The molecule has 1 aliphatic rings. The summed E-state index contributed by atoms with van der Waals surface area (Å²) < 4.78 is 6.01. The van der Waals surface area contributed by atoms with Crippen molar-refractivity contribution in [1.29, 1.82) is 0 Å². The van der Waals surface area contributed by atoms with Gasteiger partial charge in [0, 0.05) is 12.1 Å². The Morgan fingerprint density at radius 3 is 2.43 bits per heavy atom. The normalized spacial score (nSPS) is 14.9. The lowest BCUT2D eigenvalue weighted by Gasteiger charge is -2.24. The lowest BCUT2D eigenvalue weighted by atomic mass is 10.1. The van der Waals surface area contributed by atoms with Crippen molar-refractivity contribution in [2.45, 2.75) is 18.5 Å². The number of carbonyl (C=O) groups excluding carboxylic acids is 2. The molecule has 0 aromatic heterocycles. The van der Waals surface area contributed by atoms with Crippen LogP contribution in [-0.4, -0.2) is 28.7 Å². The summed E-state index contributed by atoms with van der Waals surface area (Å²) in [5, 5.41) is 6.42.